The normalized spacial score (nSPS) is 27.0. The lowest BCUT2D eigenvalue weighted by Crippen LogP contribution is -2.49. The predicted molar refractivity (Wildman–Crippen MR) is 55.1 cm³/mol. The van der Waals surface area contributed by atoms with Crippen LogP contribution in [0.15, 0.2) is 0 Å². The minimum atomic E-state index is -0.365. The molecule has 0 bridgehead atoms. The van der Waals surface area contributed by atoms with Crippen molar-refractivity contribution in [3.63, 3.8) is 0 Å². The van der Waals surface area contributed by atoms with E-state index in [2.05, 4.69) is 10.6 Å². The summed E-state index contributed by atoms with van der Waals surface area (Å²) < 4.78 is 0. The number of urea groups is 1. The summed E-state index contributed by atoms with van der Waals surface area (Å²) in [4.78, 5) is 11.3. The van der Waals surface area contributed by atoms with Crippen molar-refractivity contribution in [1.29, 1.82) is 0 Å². The highest BCUT2D eigenvalue weighted by molar-refractivity contribution is 5.74. The van der Waals surface area contributed by atoms with E-state index in [1.807, 2.05) is 6.92 Å². The quantitative estimate of drug-likeness (QED) is 0.636. The van der Waals surface area contributed by atoms with Crippen LogP contribution in [0.1, 0.15) is 39.0 Å². The number of hydrogen-bond donors (Lipinski definition) is 3. The standard InChI is InChI=1S/C10H20N2O2/c1-2-7-11-10(14)12-8-5-3-4-6-9(8)13/h8-9,13H,2-7H2,1H3,(H2,11,12,14)/t8-,9-/m1/s1. The predicted octanol–water partition coefficient (Wildman–Crippen LogP) is 0.999. The van der Waals surface area contributed by atoms with Crippen LogP contribution in [0.4, 0.5) is 4.79 Å². The van der Waals surface area contributed by atoms with Crippen LogP contribution in [0.3, 0.4) is 0 Å². The number of carbonyl (C=O) groups excluding carboxylic acids is 1. The van der Waals surface area contributed by atoms with Gasteiger partial charge in [0.25, 0.3) is 0 Å². The van der Waals surface area contributed by atoms with Crippen molar-refractivity contribution in [2.24, 2.45) is 0 Å². The van der Waals surface area contributed by atoms with Crippen LogP contribution in [0.25, 0.3) is 0 Å². The van der Waals surface area contributed by atoms with Crippen LogP contribution >= 0.6 is 0 Å². The fraction of sp³-hybridized carbons (Fsp3) is 0.900. The third-order valence-corrected chi connectivity index (χ3v) is 2.58. The Hall–Kier alpha value is -0.770. The van der Waals surface area contributed by atoms with E-state index in [0.29, 0.717) is 6.54 Å². The summed E-state index contributed by atoms with van der Waals surface area (Å²) in [6.45, 7) is 2.70. The molecule has 0 unspecified atom stereocenters. The zero-order valence-electron chi connectivity index (χ0n) is 8.75. The highest BCUT2D eigenvalue weighted by Crippen LogP contribution is 2.17. The first kappa shape index (κ1) is 11.3. The molecule has 4 heteroatoms. The largest absolute Gasteiger partial charge is 0.391 e. The number of aliphatic hydroxyl groups is 1. The van der Waals surface area contributed by atoms with Crippen molar-refractivity contribution < 1.29 is 9.90 Å². The van der Waals surface area contributed by atoms with Crippen LogP contribution in [-0.2, 0) is 0 Å². The SMILES string of the molecule is CCCNC(=O)N[C@@H]1CCCC[C@H]1O. The zero-order valence-corrected chi connectivity index (χ0v) is 8.75. The Morgan fingerprint density at radius 2 is 2.14 bits per heavy atom. The van der Waals surface area contributed by atoms with Crippen LogP contribution in [0, 0.1) is 0 Å². The van der Waals surface area contributed by atoms with Gasteiger partial charge in [-0.1, -0.05) is 19.8 Å². The molecule has 4 nitrogen and oxygen atoms in total. The number of amides is 2. The van der Waals surface area contributed by atoms with Gasteiger partial charge in [-0.15, -0.1) is 0 Å². The molecule has 0 aromatic carbocycles. The lowest BCUT2D eigenvalue weighted by atomic mass is 9.93. The molecule has 82 valence electrons. The molecule has 2 atom stereocenters. The van der Waals surface area contributed by atoms with Crippen molar-refractivity contribution in [2.75, 3.05) is 6.54 Å². The maximum Gasteiger partial charge on any atom is 0.315 e. The Morgan fingerprint density at radius 1 is 1.43 bits per heavy atom. The van der Waals surface area contributed by atoms with Crippen LogP contribution < -0.4 is 10.6 Å². The van der Waals surface area contributed by atoms with Crippen LogP contribution in [0.2, 0.25) is 0 Å². The lowest BCUT2D eigenvalue weighted by molar-refractivity contribution is 0.0943. The van der Waals surface area contributed by atoms with Gasteiger partial charge in [0.1, 0.15) is 0 Å². The van der Waals surface area contributed by atoms with Crippen molar-refractivity contribution in [2.45, 2.75) is 51.2 Å². The summed E-state index contributed by atoms with van der Waals surface area (Å²) in [5.41, 5.74) is 0. The molecule has 0 aromatic heterocycles. The first-order valence-corrected chi connectivity index (χ1v) is 5.46. The minimum Gasteiger partial charge on any atom is -0.391 e. The van der Waals surface area contributed by atoms with E-state index < -0.39 is 0 Å². The summed E-state index contributed by atoms with van der Waals surface area (Å²) in [6, 6.07) is -0.210. The molecule has 1 saturated carbocycles. The van der Waals surface area contributed by atoms with Gasteiger partial charge in [0, 0.05) is 6.54 Å². The molecule has 1 rings (SSSR count). The number of aliphatic hydroxyl groups excluding tert-OH is 1. The molecule has 2 amide bonds. The van der Waals surface area contributed by atoms with E-state index in [-0.39, 0.29) is 18.2 Å². The van der Waals surface area contributed by atoms with Gasteiger partial charge in [0.15, 0.2) is 0 Å². The Labute approximate surface area is 85.1 Å². The maximum atomic E-state index is 11.3. The van der Waals surface area contributed by atoms with Crippen LogP contribution in [0.5, 0.6) is 0 Å². The second kappa shape index (κ2) is 5.86. The average molecular weight is 200 g/mol. The fourth-order valence-corrected chi connectivity index (χ4v) is 1.74. The monoisotopic (exact) mass is 200 g/mol. The third kappa shape index (κ3) is 3.54. The van der Waals surface area contributed by atoms with E-state index in [0.717, 1.165) is 32.1 Å². The van der Waals surface area contributed by atoms with Gasteiger partial charge in [0.2, 0.25) is 0 Å². The lowest BCUT2D eigenvalue weighted by Gasteiger charge is -2.28. The molecule has 0 aliphatic heterocycles. The highest BCUT2D eigenvalue weighted by Gasteiger charge is 2.23. The van der Waals surface area contributed by atoms with Crippen molar-refractivity contribution in [3.05, 3.63) is 0 Å². The zero-order chi connectivity index (χ0) is 10.4. The molecule has 0 saturated heterocycles. The second-order valence-corrected chi connectivity index (χ2v) is 3.86. The number of hydrogen-bond acceptors (Lipinski definition) is 2. The maximum absolute atomic E-state index is 11.3. The van der Waals surface area contributed by atoms with Gasteiger partial charge >= 0.3 is 6.03 Å². The van der Waals surface area contributed by atoms with E-state index in [1.165, 1.54) is 0 Å². The molecule has 0 aromatic rings. The Bertz CT molecular complexity index is 185. The van der Waals surface area contributed by atoms with E-state index >= 15 is 0 Å². The molecule has 14 heavy (non-hydrogen) atoms. The summed E-state index contributed by atoms with van der Waals surface area (Å²) in [7, 11) is 0. The minimum absolute atomic E-state index is 0.0550. The van der Waals surface area contributed by atoms with E-state index in [4.69, 9.17) is 0 Å². The molecule has 3 N–H and O–H groups in total. The Balaban J connectivity index is 2.23. The molecule has 1 aliphatic carbocycles. The molecular weight excluding hydrogens is 180 g/mol. The highest BCUT2D eigenvalue weighted by atomic mass is 16.3. The topological polar surface area (TPSA) is 61.4 Å². The Morgan fingerprint density at radius 3 is 2.79 bits per heavy atom. The molecule has 0 spiro atoms. The summed E-state index contributed by atoms with van der Waals surface area (Å²) >= 11 is 0. The molecule has 1 fully saturated rings. The van der Waals surface area contributed by atoms with Crippen molar-refractivity contribution in [1.82, 2.24) is 10.6 Å². The Kier molecular flexibility index (Phi) is 4.73. The van der Waals surface area contributed by atoms with Gasteiger partial charge in [-0.3, -0.25) is 0 Å². The number of rotatable bonds is 3. The third-order valence-electron chi connectivity index (χ3n) is 2.58. The average Bonchev–Trinajstić information content (AvgIpc) is 2.18. The van der Waals surface area contributed by atoms with Gasteiger partial charge < -0.3 is 15.7 Å². The number of carbonyl (C=O) groups is 1. The van der Waals surface area contributed by atoms with Crippen molar-refractivity contribution >= 4 is 6.03 Å². The van der Waals surface area contributed by atoms with Crippen molar-refractivity contribution in [3.8, 4) is 0 Å². The summed E-state index contributed by atoms with van der Waals surface area (Å²) in [6.07, 6.45) is 4.42. The summed E-state index contributed by atoms with van der Waals surface area (Å²) in [5.74, 6) is 0. The molecular formula is C10H20N2O2. The molecule has 1 aliphatic rings. The summed E-state index contributed by atoms with van der Waals surface area (Å²) in [5, 5.41) is 15.1. The van der Waals surface area contributed by atoms with Gasteiger partial charge in [0.05, 0.1) is 12.1 Å². The first-order valence-electron chi connectivity index (χ1n) is 5.46. The molecule has 0 heterocycles. The number of nitrogens with one attached hydrogen (secondary N) is 2. The smallest absolute Gasteiger partial charge is 0.315 e. The first-order chi connectivity index (χ1) is 6.74. The van der Waals surface area contributed by atoms with E-state index in [9.17, 15) is 9.90 Å². The van der Waals surface area contributed by atoms with Gasteiger partial charge in [-0.2, -0.15) is 0 Å². The van der Waals surface area contributed by atoms with Gasteiger partial charge in [-0.25, -0.2) is 4.79 Å². The molecule has 0 radical (unpaired) electrons. The van der Waals surface area contributed by atoms with Crippen LogP contribution in [-0.4, -0.2) is 29.8 Å². The van der Waals surface area contributed by atoms with E-state index in [1.54, 1.807) is 0 Å². The van der Waals surface area contributed by atoms with Gasteiger partial charge in [-0.05, 0) is 19.3 Å². The second-order valence-electron chi connectivity index (χ2n) is 3.86. The fourth-order valence-electron chi connectivity index (χ4n) is 1.74.